The highest BCUT2D eigenvalue weighted by molar-refractivity contribution is 7.07. The van der Waals surface area contributed by atoms with Gasteiger partial charge in [-0.05, 0) is 19.8 Å². The van der Waals surface area contributed by atoms with Crippen molar-refractivity contribution in [2.24, 2.45) is 5.73 Å². The van der Waals surface area contributed by atoms with Crippen LogP contribution in [0.4, 0.5) is 0 Å². The molecule has 0 saturated carbocycles. The van der Waals surface area contributed by atoms with E-state index in [0.29, 0.717) is 19.0 Å². The Bertz CT molecular complexity index is 662. The Kier molecular flexibility index (Phi) is 5.27. The fourth-order valence-electron chi connectivity index (χ4n) is 3.08. The van der Waals surface area contributed by atoms with Crippen LogP contribution < -0.4 is 5.73 Å². The lowest BCUT2D eigenvalue weighted by atomic mass is 9.95. The Labute approximate surface area is 145 Å². The first-order valence-electron chi connectivity index (χ1n) is 8.16. The fourth-order valence-corrected chi connectivity index (χ4v) is 3.63. The van der Waals surface area contributed by atoms with Gasteiger partial charge in [0.1, 0.15) is 11.9 Å². The van der Waals surface area contributed by atoms with Crippen molar-refractivity contribution >= 4 is 17.2 Å². The molecule has 0 aromatic carbocycles. The monoisotopic (exact) mass is 349 g/mol. The Morgan fingerprint density at radius 2 is 2.21 bits per heavy atom. The van der Waals surface area contributed by atoms with Crippen LogP contribution in [0.1, 0.15) is 37.2 Å². The van der Waals surface area contributed by atoms with E-state index in [1.54, 1.807) is 23.2 Å². The van der Waals surface area contributed by atoms with Crippen molar-refractivity contribution in [2.45, 2.75) is 44.4 Å². The summed E-state index contributed by atoms with van der Waals surface area (Å²) in [6.45, 7) is 3.57. The predicted molar refractivity (Wildman–Crippen MR) is 91.7 cm³/mol. The molecule has 0 spiro atoms. The lowest BCUT2D eigenvalue weighted by molar-refractivity contribution is -0.135. The maximum Gasteiger partial charge on any atom is 0.242 e. The summed E-state index contributed by atoms with van der Waals surface area (Å²) in [5.41, 5.74) is 8.63. The normalized spacial score (nSPS) is 18.5. The second-order valence-electron chi connectivity index (χ2n) is 6.26. The molecule has 3 rings (SSSR count). The Hall–Kier alpha value is -1.77. The number of piperidine rings is 1. The zero-order chi connectivity index (χ0) is 17.1. The molecule has 0 unspecified atom stereocenters. The highest BCUT2D eigenvalue weighted by atomic mass is 32.1. The summed E-state index contributed by atoms with van der Waals surface area (Å²) in [6, 6.07) is -0.840. The van der Waals surface area contributed by atoms with Gasteiger partial charge in [-0.15, -0.1) is 11.3 Å². The summed E-state index contributed by atoms with van der Waals surface area (Å²) < 4.78 is 2.14. The highest BCUT2D eigenvalue weighted by Gasteiger charge is 2.30. The molecular weight excluding hydrogens is 326 g/mol. The van der Waals surface area contributed by atoms with E-state index in [4.69, 9.17) is 5.73 Å². The third-order valence-electron chi connectivity index (χ3n) is 4.54. The number of carbonyl (C=O) groups excluding carboxylic acids is 1. The average Bonchev–Trinajstić information content (AvgIpc) is 3.26. The molecule has 130 valence electrons. The number of thiazole rings is 1. The van der Waals surface area contributed by atoms with Crippen molar-refractivity contribution in [2.75, 3.05) is 13.1 Å². The van der Waals surface area contributed by atoms with E-state index in [2.05, 4.69) is 14.5 Å². The number of nitrogens with two attached hydrogens (primary N) is 1. The minimum atomic E-state index is -0.840. The van der Waals surface area contributed by atoms with Crippen molar-refractivity contribution < 1.29 is 9.90 Å². The number of nitrogens with zero attached hydrogens (tertiary/aromatic N) is 4. The second kappa shape index (κ2) is 7.42. The first-order valence-corrected chi connectivity index (χ1v) is 9.11. The van der Waals surface area contributed by atoms with Gasteiger partial charge < -0.3 is 20.3 Å². The molecule has 8 heteroatoms. The quantitative estimate of drug-likeness (QED) is 0.832. The summed E-state index contributed by atoms with van der Waals surface area (Å²) in [5, 5.41) is 11.5. The molecule has 1 aliphatic rings. The Morgan fingerprint density at radius 1 is 1.46 bits per heavy atom. The fraction of sp³-hybridized carbons (Fsp3) is 0.562. The zero-order valence-corrected chi connectivity index (χ0v) is 14.5. The van der Waals surface area contributed by atoms with Gasteiger partial charge >= 0.3 is 0 Å². The molecule has 2 atom stereocenters. The van der Waals surface area contributed by atoms with Crippen LogP contribution in [0.25, 0.3) is 0 Å². The molecule has 1 fully saturated rings. The predicted octanol–water partition coefficient (Wildman–Crippen LogP) is 0.802. The van der Waals surface area contributed by atoms with E-state index in [1.807, 2.05) is 23.3 Å². The number of hydrogen-bond acceptors (Lipinski definition) is 6. The van der Waals surface area contributed by atoms with Crippen LogP contribution in [-0.2, 0) is 11.3 Å². The topological polar surface area (TPSA) is 97.3 Å². The summed E-state index contributed by atoms with van der Waals surface area (Å²) >= 11 is 1.59. The van der Waals surface area contributed by atoms with Crippen LogP contribution in [-0.4, -0.2) is 55.7 Å². The van der Waals surface area contributed by atoms with Gasteiger partial charge in [0.2, 0.25) is 5.91 Å². The Balaban J connectivity index is 1.61. The molecule has 1 saturated heterocycles. The van der Waals surface area contributed by atoms with Crippen molar-refractivity contribution in [3.05, 3.63) is 34.8 Å². The van der Waals surface area contributed by atoms with Gasteiger partial charge in [-0.2, -0.15) is 0 Å². The molecule has 3 N–H and O–H groups in total. The van der Waals surface area contributed by atoms with Gasteiger partial charge in [0.15, 0.2) is 0 Å². The molecule has 7 nitrogen and oxygen atoms in total. The van der Waals surface area contributed by atoms with Crippen molar-refractivity contribution in [3.63, 3.8) is 0 Å². The summed E-state index contributed by atoms with van der Waals surface area (Å²) in [7, 11) is 0. The van der Waals surface area contributed by atoms with Crippen LogP contribution in [0.3, 0.4) is 0 Å². The lowest BCUT2D eigenvalue weighted by Crippen LogP contribution is -2.51. The minimum absolute atomic E-state index is 0.172. The number of likely N-dealkylation sites (tertiary alicyclic amines) is 1. The third kappa shape index (κ3) is 3.66. The Morgan fingerprint density at radius 3 is 2.83 bits per heavy atom. The molecule has 3 heterocycles. The first kappa shape index (κ1) is 17.1. The number of imidazole rings is 1. The van der Waals surface area contributed by atoms with Gasteiger partial charge in [0.05, 0.1) is 23.9 Å². The average molecular weight is 349 g/mol. The molecule has 0 radical (unpaired) electrons. The van der Waals surface area contributed by atoms with E-state index in [-0.39, 0.29) is 5.91 Å². The zero-order valence-electron chi connectivity index (χ0n) is 13.7. The van der Waals surface area contributed by atoms with E-state index >= 15 is 0 Å². The van der Waals surface area contributed by atoms with Crippen LogP contribution in [0, 0.1) is 0 Å². The maximum atomic E-state index is 12.2. The van der Waals surface area contributed by atoms with E-state index in [9.17, 15) is 9.90 Å². The number of aliphatic hydroxyl groups is 1. The van der Waals surface area contributed by atoms with Crippen LogP contribution in [0.5, 0.6) is 0 Å². The standard InChI is InChI=1S/C16H23N5O2S/c1-11(22)14(17)16(23)20-5-2-12(3-6-20)15-18-4-7-21(15)8-13-9-24-10-19-13/h4,7,9-12,14,22H,2-3,5-6,8,17H2,1H3/t11-,14+/m1/s1. The van der Waals surface area contributed by atoms with Crippen LogP contribution in [0.15, 0.2) is 23.3 Å². The SMILES string of the molecule is C[C@@H](O)[C@H](N)C(=O)N1CCC(c2nccn2Cc2cscn2)CC1. The van der Waals surface area contributed by atoms with Crippen molar-refractivity contribution in [1.82, 2.24) is 19.4 Å². The van der Waals surface area contributed by atoms with Crippen molar-refractivity contribution in [1.29, 1.82) is 0 Å². The number of hydrogen-bond donors (Lipinski definition) is 2. The number of amides is 1. The molecule has 2 aromatic heterocycles. The molecule has 1 aliphatic heterocycles. The highest BCUT2D eigenvalue weighted by Crippen LogP contribution is 2.27. The van der Waals surface area contributed by atoms with Crippen molar-refractivity contribution in [3.8, 4) is 0 Å². The van der Waals surface area contributed by atoms with Gasteiger partial charge in [0, 0.05) is 36.8 Å². The molecule has 0 aliphatic carbocycles. The maximum absolute atomic E-state index is 12.2. The molecule has 1 amide bonds. The number of rotatable bonds is 5. The summed E-state index contributed by atoms with van der Waals surface area (Å²) in [6.07, 6.45) is 4.68. The summed E-state index contributed by atoms with van der Waals surface area (Å²) in [5.74, 6) is 1.20. The molecule has 24 heavy (non-hydrogen) atoms. The minimum Gasteiger partial charge on any atom is -0.391 e. The van der Waals surface area contributed by atoms with E-state index in [1.165, 1.54) is 0 Å². The third-order valence-corrected chi connectivity index (χ3v) is 5.18. The number of aromatic nitrogens is 3. The van der Waals surface area contributed by atoms with Gasteiger partial charge in [-0.3, -0.25) is 4.79 Å². The molecular formula is C16H23N5O2S. The number of aliphatic hydroxyl groups excluding tert-OH is 1. The molecule has 2 aromatic rings. The molecule has 0 bridgehead atoms. The largest absolute Gasteiger partial charge is 0.391 e. The van der Waals surface area contributed by atoms with Gasteiger partial charge in [-0.1, -0.05) is 0 Å². The van der Waals surface area contributed by atoms with Crippen LogP contribution >= 0.6 is 11.3 Å². The van der Waals surface area contributed by atoms with E-state index in [0.717, 1.165) is 30.9 Å². The summed E-state index contributed by atoms with van der Waals surface area (Å²) in [4.78, 5) is 22.8. The second-order valence-corrected chi connectivity index (χ2v) is 6.98. The van der Waals surface area contributed by atoms with E-state index < -0.39 is 12.1 Å². The van der Waals surface area contributed by atoms with Gasteiger partial charge in [-0.25, -0.2) is 9.97 Å². The lowest BCUT2D eigenvalue weighted by Gasteiger charge is -2.33. The van der Waals surface area contributed by atoms with Gasteiger partial charge in [0.25, 0.3) is 0 Å². The smallest absolute Gasteiger partial charge is 0.242 e. The number of carbonyl (C=O) groups is 1. The first-order chi connectivity index (χ1) is 11.6. The van der Waals surface area contributed by atoms with Crippen LogP contribution in [0.2, 0.25) is 0 Å².